The number of alkyl halides is 1. The Morgan fingerprint density at radius 1 is 1.38 bits per heavy atom. The molecule has 4 rings (SSSR count). The van der Waals surface area contributed by atoms with Crippen LogP contribution in [0.2, 0.25) is 0 Å². The Balaban J connectivity index is 1.74. The van der Waals surface area contributed by atoms with Crippen molar-refractivity contribution in [3.05, 3.63) is 12.2 Å². The topological polar surface area (TPSA) is 81.9 Å². The van der Waals surface area contributed by atoms with Gasteiger partial charge < -0.3 is 10.1 Å². The number of imidazole rings is 1. The Hall–Kier alpha value is -2.09. The lowest BCUT2D eigenvalue weighted by Gasteiger charge is -2.16. The second-order valence-electron chi connectivity index (χ2n) is 7.27. The Labute approximate surface area is 151 Å². The molecule has 4 atom stereocenters. The molecular formula is C18H24FN5O2. The zero-order valence-electron chi connectivity index (χ0n) is 15.1. The number of hydrogen-bond acceptors (Lipinski definition) is 6. The summed E-state index contributed by atoms with van der Waals surface area (Å²) in [6.45, 7) is 3.84. The van der Waals surface area contributed by atoms with Gasteiger partial charge in [-0.2, -0.15) is 0 Å². The summed E-state index contributed by atoms with van der Waals surface area (Å²) < 4.78 is 22.3. The van der Waals surface area contributed by atoms with Crippen molar-refractivity contribution in [3.63, 3.8) is 0 Å². The number of anilines is 1. The SMILES string of the molecule is CC[C@H]1O[C@@H](n2cnc3c(NC4CCCC4)nc(C=O)nc32)[C@@H](F)[C@@H]1C. The van der Waals surface area contributed by atoms with Crippen LogP contribution in [0.5, 0.6) is 0 Å². The predicted octanol–water partition coefficient (Wildman–Crippen LogP) is 3.27. The van der Waals surface area contributed by atoms with E-state index in [0.717, 1.165) is 19.3 Å². The minimum Gasteiger partial charge on any atom is -0.365 e. The number of fused-ring (bicyclic) bond motifs is 1. The van der Waals surface area contributed by atoms with Crippen molar-refractivity contribution in [1.82, 2.24) is 19.5 Å². The molecule has 0 unspecified atom stereocenters. The van der Waals surface area contributed by atoms with Crippen LogP contribution < -0.4 is 5.32 Å². The average molecular weight is 361 g/mol. The van der Waals surface area contributed by atoms with Gasteiger partial charge in [0.15, 0.2) is 41.5 Å². The highest BCUT2D eigenvalue weighted by molar-refractivity contribution is 5.86. The number of aromatic nitrogens is 4. The molecule has 2 aromatic rings. The van der Waals surface area contributed by atoms with E-state index in [-0.39, 0.29) is 17.8 Å². The molecule has 1 N–H and O–H groups in total. The molecule has 1 aliphatic heterocycles. The number of rotatable bonds is 5. The van der Waals surface area contributed by atoms with Crippen molar-refractivity contribution in [2.24, 2.45) is 5.92 Å². The average Bonchev–Trinajstić information content (AvgIpc) is 3.36. The zero-order valence-corrected chi connectivity index (χ0v) is 15.1. The largest absolute Gasteiger partial charge is 0.365 e. The van der Waals surface area contributed by atoms with Crippen LogP contribution in [-0.4, -0.2) is 44.1 Å². The van der Waals surface area contributed by atoms with Gasteiger partial charge in [-0.3, -0.25) is 9.36 Å². The smallest absolute Gasteiger partial charge is 0.196 e. The van der Waals surface area contributed by atoms with E-state index in [1.807, 2.05) is 13.8 Å². The van der Waals surface area contributed by atoms with Gasteiger partial charge in [0.25, 0.3) is 0 Å². The fourth-order valence-corrected chi connectivity index (χ4v) is 4.07. The summed E-state index contributed by atoms with van der Waals surface area (Å²) in [7, 11) is 0. The molecular weight excluding hydrogens is 337 g/mol. The number of hydrogen-bond donors (Lipinski definition) is 1. The van der Waals surface area contributed by atoms with E-state index in [2.05, 4.69) is 20.3 Å². The van der Waals surface area contributed by atoms with Gasteiger partial charge in [-0.25, -0.2) is 19.3 Å². The number of aldehydes is 1. The fraction of sp³-hybridized carbons (Fsp3) is 0.667. The molecule has 1 saturated heterocycles. The van der Waals surface area contributed by atoms with Crippen LogP contribution in [-0.2, 0) is 4.74 Å². The molecule has 8 heteroatoms. The molecule has 1 aliphatic carbocycles. The van der Waals surface area contributed by atoms with Crippen LogP contribution in [0.3, 0.4) is 0 Å². The van der Waals surface area contributed by atoms with Crippen molar-refractivity contribution in [2.75, 3.05) is 5.32 Å². The Kier molecular flexibility index (Phi) is 4.60. The first-order valence-electron chi connectivity index (χ1n) is 9.38. The van der Waals surface area contributed by atoms with Crippen molar-refractivity contribution < 1.29 is 13.9 Å². The molecule has 2 aromatic heterocycles. The van der Waals surface area contributed by atoms with E-state index in [0.29, 0.717) is 29.3 Å². The number of halogens is 1. The Morgan fingerprint density at radius 2 is 2.15 bits per heavy atom. The molecule has 1 saturated carbocycles. The molecule has 140 valence electrons. The molecule has 0 aromatic carbocycles. The van der Waals surface area contributed by atoms with Gasteiger partial charge in [0.1, 0.15) is 0 Å². The first-order chi connectivity index (χ1) is 12.6. The Morgan fingerprint density at radius 3 is 2.81 bits per heavy atom. The van der Waals surface area contributed by atoms with E-state index in [4.69, 9.17) is 4.74 Å². The summed E-state index contributed by atoms with van der Waals surface area (Å²) >= 11 is 0. The van der Waals surface area contributed by atoms with Crippen molar-refractivity contribution in [3.8, 4) is 0 Å². The number of nitrogens with one attached hydrogen (secondary N) is 1. The van der Waals surface area contributed by atoms with E-state index in [1.165, 1.54) is 19.2 Å². The predicted molar refractivity (Wildman–Crippen MR) is 94.9 cm³/mol. The van der Waals surface area contributed by atoms with Crippen LogP contribution >= 0.6 is 0 Å². The summed E-state index contributed by atoms with van der Waals surface area (Å²) in [5, 5.41) is 3.38. The normalized spacial score (nSPS) is 29.5. The lowest BCUT2D eigenvalue weighted by atomic mass is 10.00. The first-order valence-corrected chi connectivity index (χ1v) is 9.38. The highest BCUT2D eigenvalue weighted by atomic mass is 19.1. The summed E-state index contributed by atoms with van der Waals surface area (Å²) in [6, 6.07) is 0.318. The summed E-state index contributed by atoms with van der Waals surface area (Å²) in [4.78, 5) is 24.3. The standard InChI is InChI=1S/C18H24FN5O2/c1-3-12-10(2)14(19)18(26-12)24-9-20-15-16(21-11-6-4-5-7-11)22-13(8-25)23-17(15)24/h8-12,14,18H,3-7H2,1-2H3,(H,21,22,23)/t10-,12-,14+,18-/m1/s1. The van der Waals surface area contributed by atoms with Gasteiger partial charge in [-0.15, -0.1) is 0 Å². The van der Waals surface area contributed by atoms with E-state index < -0.39 is 12.4 Å². The molecule has 0 bridgehead atoms. The van der Waals surface area contributed by atoms with E-state index in [1.54, 1.807) is 4.57 Å². The maximum atomic E-state index is 14.8. The second kappa shape index (κ2) is 6.90. The number of nitrogens with zero attached hydrogens (tertiary/aromatic N) is 4. The quantitative estimate of drug-likeness (QED) is 0.823. The van der Waals surface area contributed by atoms with Crippen molar-refractivity contribution >= 4 is 23.3 Å². The molecule has 7 nitrogen and oxygen atoms in total. The number of carbonyl (C=O) groups is 1. The van der Waals surface area contributed by atoms with E-state index in [9.17, 15) is 9.18 Å². The minimum absolute atomic E-state index is 0.0632. The van der Waals surface area contributed by atoms with Gasteiger partial charge >= 0.3 is 0 Å². The molecule has 2 fully saturated rings. The van der Waals surface area contributed by atoms with Gasteiger partial charge in [0.05, 0.1) is 12.4 Å². The van der Waals surface area contributed by atoms with Crippen LogP contribution in [0.25, 0.3) is 11.2 Å². The number of ether oxygens (including phenoxy) is 1. The van der Waals surface area contributed by atoms with Crippen LogP contribution in [0.4, 0.5) is 10.2 Å². The van der Waals surface area contributed by atoms with Gasteiger partial charge in [0.2, 0.25) is 0 Å². The van der Waals surface area contributed by atoms with Crippen molar-refractivity contribution in [2.45, 2.75) is 70.5 Å². The fourth-order valence-electron chi connectivity index (χ4n) is 4.07. The maximum Gasteiger partial charge on any atom is 0.196 e. The third-order valence-electron chi connectivity index (χ3n) is 5.59. The highest BCUT2D eigenvalue weighted by Crippen LogP contribution is 2.39. The third kappa shape index (κ3) is 2.86. The first kappa shape index (κ1) is 17.3. The lowest BCUT2D eigenvalue weighted by molar-refractivity contribution is -0.0186. The van der Waals surface area contributed by atoms with Crippen LogP contribution in [0.15, 0.2) is 6.33 Å². The molecule has 0 radical (unpaired) electrons. The molecule has 0 amide bonds. The molecule has 26 heavy (non-hydrogen) atoms. The van der Waals surface area contributed by atoms with Gasteiger partial charge in [-0.05, 0) is 19.3 Å². The highest BCUT2D eigenvalue weighted by Gasteiger charge is 2.43. The lowest BCUT2D eigenvalue weighted by Crippen LogP contribution is -2.20. The zero-order chi connectivity index (χ0) is 18.3. The second-order valence-corrected chi connectivity index (χ2v) is 7.27. The van der Waals surface area contributed by atoms with Crippen LogP contribution in [0, 0.1) is 5.92 Å². The van der Waals surface area contributed by atoms with E-state index >= 15 is 0 Å². The molecule has 2 aliphatic rings. The summed E-state index contributed by atoms with van der Waals surface area (Å²) in [6.07, 6.45) is 5.29. The third-order valence-corrected chi connectivity index (χ3v) is 5.59. The summed E-state index contributed by atoms with van der Waals surface area (Å²) in [5.41, 5.74) is 0.977. The number of carbonyl (C=O) groups excluding carboxylic acids is 1. The van der Waals surface area contributed by atoms with Crippen molar-refractivity contribution in [1.29, 1.82) is 0 Å². The Bertz CT molecular complexity index is 804. The summed E-state index contributed by atoms with van der Waals surface area (Å²) in [5.74, 6) is 0.399. The van der Waals surface area contributed by atoms with Gasteiger partial charge in [-0.1, -0.05) is 26.7 Å². The molecule has 0 spiro atoms. The monoisotopic (exact) mass is 361 g/mol. The minimum atomic E-state index is -1.15. The molecule has 3 heterocycles. The van der Waals surface area contributed by atoms with Gasteiger partial charge in [0, 0.05) is 12.0 Å². The maximum absolute atomic E-state index is 14.8. The van der Waals surface area contributed by atoms with Crippen LogP contribution in [0.1, 0.15) is 62.8 Å².